The van der Waals surface area contributed by atoms with Gasteiger partial charge in [0.2, 0.25) is 0 Å². The van der Waals surface area contributed by atoms with Crippen LogP contribution in [0.1, 0.15) is 43.3 Å². The van der Waals surface area contributed by atoms with Crippen LogP contribution in [0.25, 0.3) is 11.3 Å². The molecular formula is C15H20N4O. The zero-order valence-corrected chi connectivity index (χ0v) is 11.7. The maximum atomic E-state index is 9.15. The molecule has 2 fully saturated rings. The van der Waals surface area contributed by atoms with Gasteiger partial charge in [-0.2, -0.15) is 10.2 Å². The number of aliphatic hydroxyl groups excluding tert-OH is 1. The van der Waals surface area contributed by atoms with Crippen LogP contribution in [0.3, 0.4) is 0 Å². The van der Waals surface area contributed by atoms with Gasteiger partial charge in [0.15, 0.2) is 0 Å². The maximum Gasteiger partial charge on any atom is 0.0749 e. The first-order valence-electron chi connectivity index (χ1n) is 7.44. The van der Waals surface area contributed by atoms with Crippen LogP contribution in [0.5, 0.6) is 0 Å². The molecule has 2 aliphatic carbocycles. The Kier molecular flexibility index (Phi) is 2.70. The van der Waals surface area contributed by atoms with Crippen molar-refractivity contribution in [2.24, 2.45) is 13.0 Å². The van der Waals surface area contributed by atoms with Crippen LogP contribution >= 0.6 is 0 Å². The van der Waals surface area contributed by atoms with Crippen LogP contribution in [-0.4, -0.2) is 31.3 Å². The van der Waals surface area contributed by atoms with Gasteiger partial charge < -0.3 is 5.11 Å². The lowest BCUT2D eigenvalue weighted by molar-refractivity contribution is 0.105. The molecule has 0 spiro atoms. The highest BCUT2D eigenvalue weighted by molar-refractivity contribution is 5.62. The van der Waals surface area contributed by atoms with Gasteiger partial charge >= 0.3 is 0 Å². The molecule has 2 heterocycles. The third-order valence-electron chi connectivity index (χ3n) is 4.66. The monoisotopic (exact) mass is 272 g/mol. The van der Waals surface area contributed by atoms with Crippen LogP contribution in [0.2, 0.25) is 0 Å². The second-order valence-corrected chi connectivity index (χ2v) is 6.20. The zero-order chi connectivity index (χ0) is 13.7. The Balaban J connectivity index is 1.68. The molecule has 2 aliphatic rings. The number of hydrogen-bond acceptors (Lipinski definition) is 3. The molecule has 0 bridgehead atoms. The van der Waals surface area contributed by atoms with Crippen molar-refractivity contribution in [2.45, 2.75) is 37.6 Å². The van der Waals surface area contributed by atoms with Crippen molar-refractivity contribution in [3.05, 3.63) is 24.2 Å². The predicted octanol–water partition coefficient (Wildman–Crippen LogP) is 2.10. The Labute approximate surface area is 118 Å². The van der Waals surface area contributed by atoms with Crippen LogP contribution in [0.4, 0.5) is 0 Å². The van der Waals surface area contributed by atoms with E-state index in [1.165, 1.54) is 24.1 Å². The molecule has 106 valence electrons. The third-order valence-corrected chi connectivity index (χ3v) is 4.66. The summed E-state index contributed by atoms with van der Waals surface area (Å²) in [5.41, 5.74) is 3.62. The molecule has 0 radical (unpaired) electrons. The van der Waals surface area contributed by atoms with Crippen molar-refractivity contribution in [1.82, 2.24) is 19.6 Å². The summed E-state index contributed by atoms with van der Waals surface area (Å²) in [6.45, 7) is 0.307. The van der Waals surface area contributed by atoms with Crippen molar-refractivity contribution in [3.63, 3.8) is 0 Å². The highest BCUT2D eigenvalue weighted by atomic mass is 16.3. The average Bonchev–Trinajstić information content (AvgIpc) is 3.01. The normalized spacial score (nSPS) is 25.7. The number of rotatable bonds is 4. The molecule has 2 saturated carbocycles. The second-order valence-electron chi connectivity index (χ2n) is 6.20. The van der Waals surface area contributed by atoms with Crippen molar-refractivity contribution in [1.29, 1.82) is 0 Å². The Bertz CT molecular complexity index is 620. The summed E-state index contributed by atoms with van der Waals surface area (Å²) in [7, 11) is 1.98. The van der Waals surface area contributed by atoms with E-state index in [2.05, 4.69) is 22.0 Å². The first-order valence-corrected chi connectivity index (χ1v) is 7.44. The van der Waals surface area contributed by atoms with Gasteiger partial charge in [-0.1, -0.05) is 0 Å². The largest absolute Gasteiger partial charge is 0.396 e. The van der Waals surface area contributed by atoms with E-state index in [1.54, 1.807) is 0 Å². The molecule has 4 rings (SSSR count). The van der Waals surface area contributed by atoms with E-state index in [9.17, 15) is 0 Å². The van der Waals surface area contributed by atoms with Gasteiger partial charge in [0, 0.05) is 37.5 Å². The lowest BCUT2D eigenvalue weighted by Crippen LogP contribution is -2.29. The number of aryl methyl sites for hydroxylation is 1. The summed E-state index contributed by atoms with van der Waals surface area (Å²) in [6.07, 6.45) is 8.63. The highest BCUT2D eigenvalue weighted by Crippen LogP contribution is 2.45. The van der Waals surface area contributed by atoms with E-state index >= 15 is 0 Å². The summed E-state index contributed by atoms with van der Waals surface area (Å²) < 4.78 is 4.05. The molecule has 0 unspecified atom stereocenters. The van der Waals surface area contributed by atoms with Gasteiger partial charge in [-0.05, 0) is 37.7 Å². The zero-order valence-electron chi connectivity index (χ0n) is 11.7. The number of hydrogen-bond donors (Lipinski definition) is 1. The third kappa shape index (κ3) is 1.88. The van der Waals surface area contributed by atoms with Gasteiger partial charge in [0.25, 0.3) is 0 Å². The van der Waals surface area contributed by atoms with Crippen molar-refractivity contribution < 1.29 is 5.11 Å². The number of aliphatic hydroxyl groups is 1. The SMILES string of the molecule is Cn1nccc1-c1cn(C2CC(CO)C2)nc1C1CC1. The molecule has 0 amide bonds. The van der Waals surface area contributed by atoms with E-state index in [0.717, 1.165) is 18.5 Å². The van der Waals surface area contributed by atoms with Gasteiger partial charge in [-0.3, -0.25) is 9.36 Å². The van der Waals surface area contributed by atoms with Crippen LogP contribution in [-0.2, 0) is 7.05 Å². The van der Waals surface area contributed by atoms with Crippen LogP contribution in [0.15, 0.2) is 18.5 Å². The fourth-order valence-electron chi connectivity index (χ4n) is 3.15. The Morgan fingerprint density at radius 2 is 2.15 bits per heavy atom. The first-order chi connectivity index (χ1) is 9.76. The minimum atomic E-state index is 0.307. The van der Waals surface area contributed by atoms with Gasteiger partial charge in [0.1, 0.15) is 0 Å². The highest BCUT2D eigenvalue weighted by Gasteiger charge is 2.34. The molecule has 2 aromatic rings. The summed E-state index contributed by atoms with van der Waals surface area (Å²) in [6, 6.07) is 2.52. The van der Waals surface area contributed by atoms with E-state index in [-0.39, 0.29) is 0 Å². The number of nitrogens with zero attached hydrogens (tertiary/aromatic N) is 4. The fourth-order valence-corrected chi connectivity index (χ4v) is 3.15. The van der Waals surface area contributed by atoms with Crippen molar-refractivity contribution >= 4 is 0 Å². The smallest absolute Gasteiger partial charge is 0.0749 e. The Hall–Kier alpha value is -1.62. The molecule has 20 heavy (non-hydrogen) atoms. The summed E-state index contributed by atoms with van der Waals surface area (Å²) >= 11 is 0. The molecule has 5 heteroatoms. The molecule has 0 atom stereocenters. The molecule has 0 aromatic carbocycles. The Morgan fingerprint density at radius 3 is 2.75 bits per heavy atom. The van der Waals surface area contributed by atoms with Gasteiger partial charge in [-0.25, -0.2) is 0 Å². The maximum absolute atomic E-state index is 9.15. The summed E-state index contributed by atoms with van der Waals surface area (Å²) in [4.78, 5) is 0. The molecule has 0 aliphatic heterocycles. The molecule has 1 N–H and O–H groups in total. The van der Waals surface area contributed by atoms with Crippen LogP contribution in [0, 0.1) is 5.92 Å². The summed E-state index contributed by atoms with van der Waals surface area (Å²) in [5, 5.41) is 18.3. The lowest BCUT2D eigenvalue weighted by Gasteiger charge is -2.34. The van der Waals surface area contributed by atoms with Gasteiger partial charge in [-0.15, -0.1) is 0 Å². The molecule has 0 saturated heterocycles. The van der Waals surface area contributed by atoms with E-state index in [4.69, 9.17) is 10.2 Å². The molecule has 2 aromatic heterocycles. The van der Waals surface area contributed by atoms with Crippen molar-refractivity contribution in [2.75, 3.05) is 6.61 Å². The van der Waals surface area contributed by atoms with E-state index in [1.807, 2.05) is 17.9 Å². The quantitative estimate of drug-likeness (QED) is 0.927. The fraction of sp³-hybridized carbons (Fsp3) is 0.600. The molecular weight excluding hydrogens is 252 g/mol. The average molecular weight is 272 g/mol. The summed E-state index contributed by atoms with van der Waals surface area (Å²) in [5.74, 6) is 1.10. The predicted molar refractivity (Wildman–Crippen MR) is 75.3 cm³/mol. The Morgan fingerprint density at radius 1 is 1.35 bits per heavy atom. The topological polar surface area (TPSA) is 55.9 Å². The van der Waals surface area contributed by atoms with E-state index in [0.29, 0.717) is 24.5 Å². The number of aromatic nitrogens is 4. The second kappa shape index (κ2) is 4.45. The standard InChI is InChI=1S/C15H20N4O/c1-18-14(4-5-16-18)13-8-19(12-6-10(7-12)9-20)17-15(13)11-2-3-11/h4-5,8,10-12,20H,2-3,6-7,9H2,1H3. The van der Waals surface area contributed by atoms with Crippen molar-refractivity contribution in [3.8, 4) is 11.3 Å². The van der Waals surface area contributed by atoms with Crippen LogP contribution < -0.4 is 0 Å². The van der Waals surface area contributed by atoms with Gasteiger partial charge in [0.05, 0.1) is 17.4 Å². The van der Waals surface area contributed by atoms with E-state index < -0.39 is 0 Å². The minimum absolute atomic E-state index is 0.307. The lowest BCUT2D eigenvalue weighted by atomic mass is 9.81. The first kappa shape index (κ1) is 12.1. The minimum Gasteiger partial charge on any atom is -0.396 e. The molecule has 5 nitrogen and oxygen atoms in total.